The zero-order valence-corrected chi connectivity index (χ0v) is 21.1. The molecule has 1 fully saturated rings. The second-order valence-corrected chi connectivity index (χ2v) is 10.7. The van der Waals surface area contributed by atoms with Crippen LogP contribution in [0.4, 0.5) is 5.69 Å². The van der Waals surface area contributed by atoms with Gasteiger partial charge in [0.15, 0.2) is 0 Å². The molecule has 0 amide bonds. The van der Waals surface area contributed by atoms with Gasteiger partial charge in [-0.1, -0.05) is 55.1 Å². The van der Waals surface area contributed by atoms with E-state index in [0.717, 1.165) is 55.2 Å². The van der Waals surface area contributed by atoms with E-state index in [0.29, 0.717) is 12.8 Å². The summed E-state index contributed by atoms with van der Waals surface area (Å²) in [4.78, 5) is 15.3. The summed E-state index contributed by atoms with van der Waals surface area (Å²) in [6.45, 7) is 6.99. The van der Waals surface area contributed by atoms with Crippen molar-refractivity contribution in [3.8, 4) is 0 Å². The summed E-state index contributed by atoms with van der Waals surface area (Å²) >= 11 is 1.80. The molecule has 0 unspecified atom stereocenters. The van der Waals surface area contributed by atoms with Crippen LogP contribution in [0, 0.1) is 0 Å². The highest BCUT2D eigenvalue weighted by molar-refractivity contribution is 7.99. The molecule has 0 spiro atoms. The van der Waals surface area contributed by atoms with Crippen molar-refractivity contribution in [1.29, 1.82) is 0 Å². The number of aliphatic hydroxyl groups excluding tert-OH is 1. The van der Waals surface area contributed by atoms with Crippen molar-refractivity contribution in [2.24, 2.45) is 0 Å². The van der Waals surface area contributed by atoms with E-state index in [-0.39, 0.29) is 12.5 Å². The first kappa shape index (κ1) is 25.4. The molecule has 0 aromatic heterocycles. The molecule has 35 heavy (non-hydrogen) atoms. The van der Waals surface area contributed by atoms with Gasteiger partial charge in [-0.05, 0) is 53.8 Å². The molecule has 6 heteroatoms. The molecule has 2 heterocycles. The number of anilines is 1. The first-order valence-corrected chi connectivity index (χ1v) is 13.7. The number of likely N-dealkylation sites (tertiary alicyclic amines) is 1. The quantitative estimate of drug-likeness (QED) is 0.312. The van der Waals surface area contributed by atoms with Crippen LogP contribution in [0.15, 0.2) is 73.0 Å². The van der Waals surface area contributed by atoms with E-state index in [4.69, 9.17) is 5.11 Å². The van der Waals surface area contributed by atoms with Crippen LogP contribution in [0.3, 0.4) is 0 Å². The zero-order valence-electron chi connectivity index (χ0n) is 20.3. The van der Waals surface area contributed by atoms with Gasteiger partial charge >= 0.3 is 5.97 Å². The topological polar surface area (TPSA) is 64.0 Å². The monoisotopic (exact) mass is 492 g/mol. The van der Waals surface area contributed by atoms with E-state index in [1.54, 1.807) is 11.8 Å². The number of carboxylic acids is 1. The average Bonchev–Trinajstić information content (AvgIpc) is 3.43. The van der Waals surface area contributed by atoms with Crippen LogP contribution in [0.1, 0.15) is 42.4 Å². The maximum Gasteiger partial charge on any atom is 0.303 e. The largest absolute Gasteiger partial charge is 0.481 e. The fraction of sp³-hybridized carbons (Fsp3) is 0.414. The van der Waals surface area contributed by atoms with Crippen LogP contribution >= 0.6 is 11.8 Å². The summed E-state index contributed by atoms with van der Waals surface area (Å²) in [5.74, 6) is 1.10. The second kappa shape index (κ2) is 12.3. The number of aliphatic carboxylic acids is 1. The highest BCUT2D eigenvalue weighted by atomic mass is 32.2. The summed E-state index contributed by atoms with van der Waals surface area (Å²) < 4.78 is 0. The number of benzene rings is 2. The molecule has 5 nitrogen and oxygen atoms in total. The van der Waals surface area contributed by atoms with Gasteiger partial charge in [-0.15, -0.1) is 0 Å². The number of rotatable bonds is 12. The van der Waals surface area contributed by atoms with Crippen LogP contribution in [-0.4, -0.2) is 51.3 Å². The molecule has 2 atom stereocenters. The number of hydrogen-bond acceptors (Lipinski definition) is 5. The van der Waals surface area contributed by atoms with Crippen LogP contribution in [0.5, 0.6) is 0 Å². The van der Waals surface area contributed by atoms with Crippen molar-refractivity contribution in [2.75, 3.05) is 23.0 Å². The Hall–Kier alpha value is -2.70. The molecule has 2 aliphatic heterocycles. The van der Waals surface area contributed by atoms with Gasteiger partial charge in [-0.25, -0.2) is 0 Å². The Morgan fingerprint density at radius 1 is 1.14 bits per heavy atom. The Bertz CT molecular complexity index is 1030. The second-order valence-electron chi connectivity index (χ2n) is 9.43. The number of aliphatic hydroxyl groups is 1. The van der Waals surface area contributed by atoms with Crippen LogP contribution in [-0.2, 0) is 24.3 Å². The molecular weight excluding hydrogens is 456 g/mol. The fourth-order valence-corrected chi connectivity index (χ4v) is 5.80. The average molecular weight is 493 g/mol. The first-order valence-electron chi connectivity index (χ1n) is 12.5. The normalized spacial score (nSPS) is 18.4. The molecule has 2 aliphatic rings. The lowest BCUT2D eigenvalue weighted by atomic mass is 10.1. The van der Waals surface area contributed by atoms with Gasteiger partial charge in [-0.2, -0.15) is 11.8 Å². The highest BCUT2D eigenvalue weighted by Gasteiger charge is 2.24. The third-order valence-corrected chi connectivity index (χ3v) is 7.86. The van der Waals surface area contributed by atoms with Crippen molar-refractivity contribution in [3.05, 3.63) is 89.6 Å². The smallest absolute Gasteiger partial charge is 0.303 e. The number of carbonyl (C=O) groups is 1. The molecule has 4 rings (SSSR count). The predicted octanol–water partition coefficient (Wildman–Crippen LogP) is 5.24. The number of hydrogen-bond donors (Lipinski definition) is 2. The Labute approximate surface area is 213 Å². The number of carboxylic acid groups (broad SMARTS) is 1. The van der Waals surface area contributed by atoms with Crippen molar-refractivity contribution < 1.29 is 15.0 Å². The summed E-state index contributed by atoms with van der Waals surface area (Å²) in [7, 11) is 0. The van der Waals surface area contributed by atoms with Crippen LogP contribution in [0.25, 0.3) is 0 Å². The SMILES string of the molecule is C=C1CC[C@H](/C=C/[C@@H](O)Cc2cccc(N3Cc4ccccc4C3)c2)N1CCSCCCC(=O)O. The Kier molecular flexibility index (Phi) is 8.94. The number of nitrogens with zero attached hydrogens (tertiary/aromatic N) is 2. The minimum Gasteiger partial charge on any atom is -0.481 e. The summed E-state index contributed by atoms with van der Waals surface area (Å²) in [6.07, 6.45) is 7.10. The highest BCUT2D eigenvalue weighted by Crippen LogP contribution is 2.29. The maximum atomic E-state index is 10.7. The summed E-state index contributed by atoms with van der Waals surface area (Å²) in [5.41, 5.74) is 6.28. The third kappa shape index (κ3) is 7.15. The number of fused-ring (bicyclic) bond motifs is 1. The Balaban J connectivity index is 1.26. The first-order chi connectivity index (χ1) is 17.0. The zero-order chi connectivity index (χ0) is 24.6. The van der Waals surface area contributed by atoms with E-state index >= 15 is 0 Å². The Morgan fingerprint density at radius 2 is 1.91 bits per heavy atom. The fourth-order valence-electron chi connectivity index (χ4n) is 4.92. The lowest BCUT2D eigenvalue weighted by Gasteiger charge is -2.25. The summed E-state index contributed by atoms with van der Waals surface area (Å²) in [6, 6.07) is 17.4. The summed E-state index contributed by atoms with van der Waals surface area (Å²) in [5, 5.41) is 19.5. The van der Waals surface area contributed by atoms with E-state index in [1.165, 1.54) is 16.8 Å². The van der Waals surface area contributed by atoms with E-state index < -0.39 is 12.1 Å². The van der Waals surface area contributed by atoms with Crippen molar-refractivity contribution >= 4 is 23.4 Å². The molecule has 2 aromatic carbocycles. The molecule has 0 radical (unpaired) electrons. The lowest BCUT2D eigenvalue weighted by Crippen LogP contribution is -2.29. The molecule has 0 bridgehead atoms. The van der Waals surface area contributed by atoms with Gasteiger partial charge in [0.25, 0.3) is 0 Å². The standard InChI is InChI=1S/C29H36N2O3S/c1-22-11-12-26(31(22)15-17-35-16-5-10-29(33)34)13-14-28(32)19-23-6-4-9-27(18-23)30-20-24-7-2-3-8-25(24)21-30/h2-4,6-9,13-14,18,26,28,32H,1,5,10-12,15-17,19-21H2,(H,33,34)/b14-13+/t26-,28-/m1/s1. The van der Waals surface area contributed by atoms with Crippen LogP contribution < -0.4 is 4.90 Å². The van der Waals surface area contributed by atoms with Crippen molar-refractivity contribution in [3.63, 3.8) is 0 Å². The predicted molar refractivity (Wildman–Crippen MR) is 145 cm³/mol. The molecule has 0 aliphatic carbocycles. The van der Waals surface area contributed by atoms with Gasteiger partial charge in [0.2, 0.25) is 0 Å². The minimum absolute atomic E-state index is 0.237. The lowest BCUT2D eigenvalue weighted by molar-refractivity contribution is -0.137. The van der Waals surface area contributed by atoms with Gasteiger partial charge in [0, 0.05) is 55.7 Å². The Morgan fingerprint density at radius 3 is 2.66 bits per heavy atom. The van der Waals surface area contributed by atoms with Crippen molar-refractivity contribution in [2.45, 2.75) is 57.3 Å². The number of allylic oxidation sites excluding steroid dienone is 1. The third-order valence-electron chi connectivity index (χ3n) is 6.81. The molecule has 0 saturated carbocycles. The van der Waals surface area contributed by atoms with Gasteiger partial charge in [-0.3, -0.25) is 4.79 Å². The van der Waals surface area contributed by atoms with Crippen molar-refractivity contribution in [1.82, 2.24) is 4.90 Å². The van der Waals surface area contributed by atoms with Gasteiger partial charge in [0.05, 0.1) is 6.10 Å². The number of thioether (sulfide) groups is 1. The minimum atomic E-state index is -0.726. The van der Waals surface area contributed by atoms with E-state index in [1.807, 2.05) is 6.08 Å². The molecular formula is C29H36N2O3S. The maximum absolute atomic E-state index is 10.7. The molecule has 1 saturated heterocycles. The molecule has 2 N–H and O–H groups in total. The van der Waals surface area contributed by atoms with E-state index in [9.17, 15) is 9.90 Å². The van der Waals surface area contributed by atoms with Gasteiger partial charge < -0.3 is 20.0 Å². The van der Waals surface area contributed by atoms with Crippen LogP contribution in [0.2, 0.25) is 0 Å². The molecule has 186 valence electrons. The van der Waals surface area contributed by atoms with Gasteiger partial charge in [0.1, 0.15) is 0 Å². The van der Waals surface area contributed by atoms with E-state index in [2.05, 4.69) is 71.0 Å². The molecule has 2 aromatic rings.